The number of nitrogens with one attached hydrogen (secondary N) is 2. The lowest BCUT2D eigenvalue weighted by Gasteiger charge is -2.39. The van der Waals surface area contributed by atoms with E-state index in [1.54, 1.807) is 0 Å². The maximum Gasteiger partial charge on any atom is 0.239 e. The fraction of sp³-hybridized carbons (Fsp3) is 0.850. The molecule has 2 fully saturated rings. The second-order valence-electron chi connectivity index (χ2n) is 7.94. The molecule has 2 aliphatic heterocycles. The average molecular weight is 522 g/mol. The molecule has 2 amide bonds. The van der Waals surface area contributed by atoms with Crippen molar-refractivity contribution in [2.24, 2.45) is 4.99 Å². The van der Waals surface area contributed by atoms with E-state index >= 15 is 0 Å². The molecule has 9 heteroatoms. The Balaban J connectivity index is 0.00000420. The zero-order chi connectivity index (χ0) is 20.5. The van der Waals surface area contributed by atoms with Gasteiger partial charge in [-0.25, -0.2) is 0 Å². The highest BCUT2D eigenvalue weighted by Crippen LogP contribution is 2.14. The Morgan fingerprint density at radius 2 is 1.59 bits per heavy atom. The molecular weight excluding hydrogens is 483 g/mol. The summed E-state index contributed by atoms with van der Waals surface area (Å²) in [6, 6.07) is 0.0996. The maximum absolute atomic E-state index is 12.6. The lowest BCUT2D eigenvalue weighted by atomic mass is 10.2. The van der Waals surface area contributed by atoms with Crippen molar-refractivity contribution in [3.05, 3.63) is 0 Å². The van der Waals surface area contributed by atoms with Crippen LogP contribution in [0, 0.1) is 0 Å². The highest BCUT2D eigenvalue weighted by Gasteiger charge is 2.30. The van der Waals surface area contributed by atoms with Crippen molar-refractivity contribution in [1.82, 2.24) is 25.3 Å². The summed E-state index contributed by atoms with van der Waals surface area (Å²) < 4.78 is 0. The van der Waals surface area contributed by atoms with Gasteiger partial charge in [0, 0.05) is 58.3 Å². The number of guanidine groups is 1. The Hall–Kier alpha value is -1.10. The highest BCUT2D eigenvalue weighted by atomic mass is 127. The zero-order valence-electron chi connectivity index (χ0n) is 18.4. The van der Waals surface area contributed by atoms with Crippen LogP contribution < -0.4 is 10.6 Å². The van der Waals surface area contributed by atoms with Gasteiger partial charge in [0.25, 0.3) is 0 Å². The summed E-state index contributed by atoms with van der Waals surface area (Å²) in [5.41, 5.74) is 0. The first kappa shape index (κ1) is 25.9. The van der Waals surface area contributed by atoms with Gasteiger partial charge in [0.1, 0.15) is 0 Å². The van der Waals surface area contributed by atoms with E-state index in [9.17, 15) is 9.59 Å². The number of carbonyl (C=O) groups is 2. The smallest absolute Gasteiger partial charge is 0.239 e. The molecule has 168 valence electrons. The summed E-state index contributed by atoms with van der Waals surface area (Å²) in [5.74, 6) is 1.16. The minimum atomic E-state index is -0.0560. The van der Waals surface area contributed by atoms with Gasteiger partial charge in [-0.1, -0.05) is 0 Å². The standard InChI is InChI=1S/C20H38N6O2.HI/c1-5-21-20(22-9-8-18(27)23-16(2)3)26-14-12-24(13-15-26)17(4)19(28)25-10-6-7-11-25;/h16-17H,5-15H2,1-4H3,(H,21,22)(H,23,27);1H. The number of likely N-dealkylation sites (tertiary alicyclic amines) is 1. The predicted octanol–water partition coefficient (Wildman–Crippen LogP) is 1.11. The Kier molecular flexibility index (Phi) is 11.9. The SMILES string of the molecule is CCNC(=NCCC(=O)NC(C)C)N1CCN(C(C)C(=O)N2CCCC2)CC1.I. The average Bonchev–Trinajstić information content (AvgIpc) is 3.20. The van der Waals surface area contributed by atoms with Crippen molar-refractivity contribution < 1.29 is 9.59 Å². The molecule has 0 spiro atoms. The number of aliphatic imine (C=N–C) groups is 1. The molecule has 2 N–H and O–H groups in total. The van der Waals surface area contributed by atoms with E-state index in [-0.39, 0.29) is 47.9 Å². The van der Waals surface area contributed by atoms with E-state index in [0.717, 1.165) is 64.6 Å². The molecule has 29 heavy (non-hydrogen) atoms. The molecule has 0 saturated carbocycles. The number of halogens is 1. The van der Waals surface area contributed by atoms with Crippen LogP contribution in [0.5, 0.6) is 0 Å². The second kappa shape index (κ2) is 13.3. The molecule has 0 aromatic carbocycles. The third kappa shape index (κ3) is 8.27. The Morgan fingerprint density at radius 1 is 0.966 bits per heavy atom. The lowest BCUT2D eigenvalue weighted by molar-refractivity contribution is -0.135. The summed E-state index contributed by atoms with van der Waals surface area (Å²) in [6.07, 6.45) is 2.66. The van der Waals surface area contributed by atoms with Gasteiger partial charge in [-0.3, -0.25) is 19.5 Å². The fourth-order valence-electron chi connectivity index (χ4n) is 3.76. The first-order valence-electron chi connectivity index (χ1n) is 10.8. The van der Waals surface area contributed by atoms with E-state index in [4.69, 9.17) is 0 Å². The van der Waals surface area contributed by atoms with Crippen LogP contribution in [-0.2, 0) is 9.59 Å². The third-order valence-electron chi connectivity index (χ3n) is 5.32. The van der Waals surface area contributed by atoms with Crippen LogP contribution in [0.4, 0.5) is 0 Å². The van der Waals surface area contributed by atoms with E-state index in [1.165, 1.54) is 0 Å². The molecule has 0 bridgehead atoms. The van der Waals surface area contributed by atoms with Gasteiger partial charge in [-0.05, 0) is 40.5 Å². The van der Waals surface area contributed by atoms with Crippen LogP contribution in [0.1, 0.15) is 47.0 Å². The fourth-order valence-corrected chi connectivity index (χ4v) is 3.76. The van der Waals surface area contributed by atoms with Crippen LogP contribution >= 0.6 is 24.0 Å². The van der Waals surface area contributed by atoms with Crippen LogP contribution in [0.3, 0.4) is 0 Å². The zero-order valence-corrected chi connectivity index (χ0v) is 20.8. The number of nitrogens with zero attached hydrogens (tertiary/aromatic N) is 4. The van der Waals surface area contributed by atoms with Gasteiger partial charge in [0.15, 0.2) is 5.96 Å². The summed E-state index contributed by atoms with van der Waals surface area (Å²) in [5, 5.41) is 6.22. The summed E-state index contributed by atoms with van der Waals surface area (Å²) in [4.78, 5) is 35.6. The normalized spacial score (nSPS) is 19.1. The number of piperazine rings is 1. The molecule has 0 aromatic heterocycles. The molecule has 2 rings (SSSR count). The minimum Gasteiger partial charge on any atom is -0.357 e. The minimum absolute atomic E-state index is 0. The topological polar surface area (TPSA) is 80.3 Å². The van der Waals surface area contributed by atoms with E-state index in [2.05, 4.69) is 25.4 Å². The largest absolute Gasteiger partial charge is 0.357 e. The molecule has 2 aliphatic rings. The first-order valence-corrected chi connectivity index (χ1v) is 10.8. The van der Waals surface area contributed by atoms with Crippen molar-refractivity contribution in [3.8, 4) is 0 Å². The molecule has 0 aliphatic carbocycles. The van der Waals surface area contributed by atoms with Crippen molar-refractivity contribution in [3.63, 3.8) is 0 Å². The van der Waals surface area contributed by atoms with Crippen molar-refractivity contribution >= 4 is 41.8 Å². The number of hydrogen-bond donors (Lipinski definition) is 2. The van der Waals surface area contributed by atoms with Gasteiger partial charge in [0.05, 0.1) is 12.6 Å². The van der Waals surface area contributed by atoms with Crippen molar-refractivity contribution in [1.29, 1.82) is 0 Å². The third-order valence-corrected chi connectivity index (χ3v) is 5.32. The van der Waals surface area contributed by atoms with Crippen LogP contribution in [0.15, 0.2) is 4.99 Å². The molecule has 0 radical (unpaired) electrons. The second-order valence-corrected chi connectivity index (χ2v) is 7.94. The number of hydrogen-bond acceptors (Lipinski definition) is 4. The predicted molar refractivity (Wildman–Crippen MR) is 128 cm³/mol. The Morgan fingerprint density at radius 3 is 2.14 bits per heavy atom. The van der Waals surface area contributed by atoms with Gasteiger partial charge < -0.3 is 20.4 Å². The van der Waals surface area contributed by atoms with Crippen molar-refractivity contribution in [2.45, 2.75) is 59.0 Å². The molecule has 2 heterocycles. The van der Waals surface area contributed by atoms with Crippen LogP contribution in [-0.4, -0.2) is 96.9 Å². The van der Waals surface area contributed by atoms with E-state index in [0.29, 0.717) is 13.0 Å². The highest BCUT2D eigenvalue weighted by molar-refractivity contribution is 14.0. The quantitative estimate of drug-likeness (QED) is 0.298. The Bertz CT molecular complexity index is 543. The summed E-state index contributed by atoms with van der Waals surface area (Å²) in [7, 11) is 0. The Labute approximate surface area is 192 Å². The van der Waals surface area contributed by atoms with Crippen LogP contribution in [0.2, 0.25) is 0 Å². The van der Waals surface area contributed by atoms with Gasteiger partial charge >= 0.3 is 0 Å². The summed E-state index contributed by atoms with van der Waals surface area (Å²) >= 11 is 0. The summed E-state index contributed by atoms with van der Waals surface area (Å²) in [6.45, 7) is 14.4. The number of carbonyl (C=O) groups excluding carboxylic acids is 2. The monoisotopic (exact) mass is 522 g/mol. The number of amides is 2. The van der Waals surface area contributed by atoms with Gasteiger partial charge in [-0.2, -0.15) is 0 Å². The molecule has 1 unspecified atom stereocenters. The van der Waals surface area contributed by atoms with Crippen LogP contribution in [0.25, 0.3) is 0 Å². The lowest BCUT2D eigenvalue weighted by Crippen LogP contribution is -2.57. The first-order chi connectivity index (χ1) is 13.4. The number of rotatable bonds is 7. The molecular formula is C20H39IN6O2. The van der Waals surface area contributed by atoms with E-state index < -0.39 is 0 Å². The molecule has 8 nitrogen and oxygen atoms in total. The molecule has 1 atom stereocenters. The molecule has 2 saturated heterocycles. The van der Waals surface area contributed by atoms with E-state index in [1.807, 2.05) is 32.6 Å². The maximum atomic E-state index is 12.6. The van der Waals surface area contributed by atoms with Crippen molar-refractivity contribution in [2.75, 3.05) is 52.4 Å². The molecule has 0 aromatic rings. The van der Waals surface area contributed by atoms with Gasteiger partial charge in [0.2, 0.25) is 11.8 Å². The van der Waals surface area contributed by atoms with Gasteiger partial charge in [-0.15, -0.1) is 24.0 Å².